The Labute approximate surface area is 108 Å². The molecule has 0 spiro atoms. The van der Waals surface area contributed by atoms with Gasteiger partial charge in [-0.05, 0) is 29.1 Å². The molecule has 2 rings (SSSR count). The smallest absolute Gasteiger partial charge is 0.371 e. The van der Waals surface area contributed by atoms with Gasteiger partial charge in [-0.2, -0.15) is 13.2 Å². The number of rotatable bonds is 6. The summed E-state index contributed by atoms with van der Waals surface area (Å²) in [5, 5.41) is 4.16. The Morgan fingerprint density at radius 3 is 2.84 bits per heavy atom. The number of ether oxygens (including phenoxy) is 1. The maximum Gasteiger partial charge on any atom is 0.411 e. The summed E-state index contributed by atoms with van der Waals surface area (Å²) in [7, 11) is 0. The molecule has 104 valence electrons. The van der Waals surface area contributed by atoms with Crippen molar-refractivity contribution in [2.45, 2.75) is 12.7 Å². The second-order valence-electron chi connectivity index (χ2n) is 4.24. The van der Waals surface area contributed by atoms with Gasteiger partial charge < -0.3 is 15.0 Å². The molecular weight excluding hydrogens is 257 g/mol. The Morgan fingerprint density at radius 2 is 2.05 bits per heavy atom. The third-order valence-corrected chi connectivity index (χ3v) is 2.64. The second kappa shape index (κ2) is 6.08. The molecule has 3 nitrogen and oxygen atoms in total. The average molecular weight is 272 g/mol. The van der Waals surface area contributed by atoms with E-state index in [0.29, 0.717) is 13.1 Å². The quantitative estimate of drug-likeness (QED) is 0.793. The third-order valence-electron chi connectivity index (χ3n) is 2.64. The molecule has 19 heavy (non-hydrogen) atoms. The van der Waals surface area contributed by atoms with Gasteiger partial charge in [0.25, 0.3) is 0 Å². The number of H-pyrrole nitrogens is 1. The van der Waals surface area contributed by atoms with E-state index < -0.39 is 12.8 Å². The number of hydrogen-bond acceptors (Lipinski definition) is 2. The van der Waals surface area contributed by atoms with Crippen molar-refractivity contribution in [2.24, 2.45) is 0 Å². The lowest BCUT2D eigenvalue weighted by Crippen LogP contribution is -2.23. The zero-order chi connectivity index (χ0) is 13.7. The third kappa shape index (κ3) is 4.57. The molecule has 0 fully saturated rings. The first kappa shape index (κ1) is 13.9. The summed E-state index contributed by atoms with van der Waals surface area (Å²) >= 11 is 0. The summed E-state index contributed by atoms with van der Waals surface area (Å²) in [6.45, 7) is -0.145. The van der Waals surface area contributed by atoms with E-state index in [-0.39, 0.29) is 6.61 Å². The molecule has 2 aromatic rings. The Balaban J connectivity index is 1.68. The Bertz CT molecular complexity index is 522. The summed E-state index contributed by atoms with van der Waals surface area (Å²) in [5.41, 5.74) is 2.15. The van der Waals surface area contributed by atoms with E-state index in [0.717, 1.165) is 16.5 Å². The van der Waals surface area contributed by atoms with Crippen molar-refractivity contribution < 1.29 is 17.9 Å². The highest BCUT2D eigenvalue weighted by molar-refractivity contribution is 5.79. The van der Waals surface area contributed by atoms with Crippen LogP contribution in [0.5, 0.6) is 0 Å². The van der Waals surface area contributed by atoms with E-state index in [4.69, 9.17) is 0 Å². The highest BCUT2D eigenvalue weighted by atomic mass is 19.4. The predicted molar refractivity (Wildman–Crippen MR) is 66.9 cm³/mol. The van der Waals surface area contributed by atoms with Crippen molar-refractivity contribution in [3.63, 3.8) is 0 Å². The molecule has 0 bridgehead atoms. The van der Waals surface area contributed by atoms with Crippen molar-refractivity contribution in [3.05, 3.63) is 36.0 Å². The fourth-order valence-electron chi connectivity index (χ4n) is 1.78. The SMILES string of the molecule is FC(F)(F)COCCNCc1ccc2[nH]ccc2c1. The van der Waals surface area contributed by atoms with Crippen LogP contribution in [0.1, 0.15) is 5.56 Å². The van der Waals surface area contributed by atoms with E-state index in [1.54, 1.807) is 0 Å². The fourth-order valence-corrected chi connectivity index (χ4v) is 1.78. The molecule has 0 saturated heterocycles. The molecule has 0 aliphatic rings. The number of aromatic nitrogens is 1. The van der Waals surface area contributed by atoms with Crippen molar-refractivity contribution in [1.82, 2.24) is 10.3 Å². The maximum absolute atomic E-state index is 11.8. The van der Waals surface area contributed by atoms with Crippen LogP contribution < -0.4 is 5.32 Å². The van der Waals surface area contributed by atoms with Gasteiger partial charge in [0, 0.05) is 24.8 Å². The molecule has 2 N–H and O–H groups in total. The summed E-state index contributed by atoms with van der Waals surface area (Å²) in [6, 6.07) is 7.97. The van der Waals surface area contributed by atoms with Gasteiger partial charge in [-0.25, -0.2) is 0 Å². The standard InChI is InChI=1S/C13H15F3N2O/c14-13(15,16)9-19-6-5-17-8-10-1-2-12-11(7-10)3-4-18-12/h1-4,7,17-18H,5-6,8-9H2. The topological polar surface area (TPSA) is 37.0 Å². The lowest BCUT2D eigenvalue weighted by atomic mass is 10.1. The van der Waals surface area contributed by atoms with Gasteiger partial charge in [0.1, 0.15) is 6.61 Å². The van der Waals surface area contributed by atoms with Gasteiger partial charge in [-0.3, -0.25) is 0 Å². The Morgan fingerprint density at radius 1 is 1.21 bits per heavy atom. The van der Waals surface area contributed by atoms with E-state index in [2.05, 4.69) is 15.0 Å². The molecule has 0 aliphatic carbocycles. The van der Waals surface area contributed by atoms with Gasteiger partial charge in [-0.1, -0.05) is 6.07 Å². The monoisotopic (exact) mass is 272 g/mol. The van der Waals surface area contributed by atoms with Gasteiger partial charge >= 0.3 is 6.18 Å². The van der Waals surface area contributed by atoms with Crippen LogP contribution in [0, 0.1) is 0 Å². The molecule has 1 aromatic heterocycles. The van der Waals surface area contributed by atoms with E-state index in [9.17, 15) is 13.2 Å². The molecule has 1 heterocycles. The lowest BCUT2D eigenvalue weighted by Gasteiger charge is -2.08. The van der Waals surface area contributed by atoms with Crippen molar-refractivity contribution in [2.75, 3.05) is 19.8 Å². The fraction of sp³-hybridized carbons (Fsp3) is 0.385. The molecule has 0 saturated carbocycles. The van der Waals surface area contributed by atoms with E-state index in [1.165, 1.54) is 0 Å². The first-order valence-corrected chi connectivity index (χ1v) is 5.96. The molecule has 0 atom stereocenters. The first-order valence-electron chi connectivity index (χ1n) is 5.96. The summed E-state index contributed by atoms with van der Waals surface area (Å²) in [6.07, 6.45) is -2.38. The minimum absolute atomic E-state index is 0.0475. The summed E-state index contributed by atoms with van der Waals surface area (Å²) < 4.78 is 39.9. The largest absolute Gasteiger partial charge is 0.411 e. The van der Waals surface area contributed by atoms with Crippen LogP contribution in [-0.4, -0.2) is 30.9 Å². The number of fused-ring (bicyclic) bond motifs is 1. The highest BCUT2D eigenvalue weighted by Crippen LogP contribution is 2.15. The maximum atomic E-state index is 11.8. The summed E-state index contributed by atoms with van der Waals surface area (Å²) in [4.78, 5) is 3.10. The van der Waals surface area contributed by atoms with Crippen LogP contribution in [0.15, 0.2) is 30.5 Å². The minimum Gasteiger partial charge on any atom is -0.371 e. The van der Waals surface area contributed by atoms with Crippen molar-refractivity contribution in [3.8, 4) is 0 Å². The van der Waals surface area contributed by atoms with Crippen LogP contribution in [0.2, 0.25) is 0 Å². The zero-order valence-corrected chi connectivity index (χ0v) is 10.3. The predicted octanol–water partition coefficient (Wildman–Crippen LogP) is 2.84. The van der Waals surface area contributed by atoms with Crippen molar-refractivity contribution in [1.29, 1.82) is 0 Å². The minimum atomic E-state index is -4.25. The van der Waals surface area contributed by atoms with Gasteiger partial charge in [0.05, 0.1) is 6.61 Å². The van der Waals surface area contributed by atoms with Crippen molar-refractivity contribution >= 4 is 10.9 Å². The van der Waals surface area contributed by atoms with Gasteiger partial charge in [0.2, 0.25) is 0 Å². The molecule has 0 aliphatic heterocycles. The number of alkyl halides is 3. The van der Waals surface area contributed by atoms with E-state index >= 15 is 0 Å². The Hall–Kier alpha value is -1.53. The second-order valence-corrected chi connectivity index (χ2v) is 4.24. The van der Waals surface area contributed by atoms with Crippen LogP contribution in [0.3, 0.4) is 0 Å². The molecular formula is C13H15F3N2O. The van der Waals surface area contributed by atoms with Gasteiger partial charge in [-0.15, -0.1) is 0 Å². The molecule has 0 unspecified atom stereocenters. The number of halogens is 3. The first-order chi connectivity index (χ1) is 9.04. The molecule has 0 amide bonds. The average Bonchev–Trinajstić information content (AvgIpc) is 2.79. The number of hydrogen-bond donors (Lipinski definition) is 2. The van der Waals surface area contributed by atoms with Crippen LogP contribution >= 0.6 is 0 Å². The number of benzene rings is 1. The van der Waals surface area contributed by atoms with Crippen LogP contribution in [0.25, 0.3) is 10.9 Å². The normalized spacial score (nSPS) is 12.2. The molecule has 0 radical (unpaired) electrons. The van der Waals surface area contributed by atoms with Crippen LogP contribution in [0.4, 0.5) is 13.2 Å². The molecule has 6 heteroatoms. The van der Waals surface area contributed by atoms with Crippen LogP contribution in [-0.2, 0) is 11.3 Å². The summed E-state index contributed by atoms with van der Waals surface area (Å²) in [5.74, 6) is 0. The van der Waals surface area contributed by atoms with E-state index in [1.807, 2.05) is 30.5 Å². The zero-order valence-electron chi connectivity index (χ0n) is 10.3. The van der Waals surface area contributed by atoms with Gasteiger partial charge in [0.15, 0.2) is 0 Å². The Kier molecular flexibility index (Phi) is 4.44. The highest BCUT2D eigenvalue weighted by Gasteiger charge is 2.27. The lowest BCUT2D eigenvalue weighted by molar-refractivity contribution is -0.173. The number of nitrogens with one attached hydrogen (secondary N) is 2. The number of aromatic amines is 1. The molecule has 1 aromatic carbocycles.